The first-order chi connectivity index (χ1) is 18.1. The highest BCUT2D eigenvalue weighted by Gasteiger charge is 2.40. The number of ether oxygens (including phenoxy) is 2. The van der Waals surface area contributed by atoms with Gasteiger partial charge in [0.1, 0.15) is 17.0 Å². The number of carbonyl (C=O) groups excluding carboxylic acids is 3. The first-order valence-corrected chi connectivity index (χ1v) is 13.2. The molecule has 2 N–H and O–H groups in total. The molecular formula is C27H39N7O5. The maximum Gasteiger partial charge on any atom is 0.413 e. The number of aromatic nitrogens is 2. The van der Waals surface area contributed by atoms with Crippen LogP contribution in [0.2, 0.25) is 0 Å². The topological polar surface area (TPSA) is 130 Å². The van der Waals surface area contributed by atoms with E-state index in [4.69, 9.17) is 14.5 Å². The lowest BCUT2D eigenvalue weighted by Crippen LogP contribution is -2.53. The third kappa shape index (κ3) is 6.67. The fourth-order valence-corrected chi connectivity index (χ4v) is 4.80. The molecule has 2 atom stereocenters. The van der Waals surface area contributed by atoms with Gasteiger partial charge < -0.3 is 9.47 Å². The van der Waals surface area contributed by atoms with Crippen molar-refractivity contribution in [2.24, 2.45) is 18.0 Å². The minimum absolute atomic E-state index is 0.0829. The van der Waals surface area contributed by atoms with E-state index < -0.39 is 29.4 Å². The van der Waals surface area contributed by atoms with Gasteiger partial charge >= 0.3 is 12.2 Å². The van der Waals surface area contributed by atoms with Crippen molar-refractivity contribution in [1.29, 1.82) is 0 Å². The number of fused-ring (bicyclic) bond motifs is 1. The molecule has 0 saturated carbocycles. The van der Waals surface area contributed by atoms with Crippen LogP contribution in [0.1, 0.15) is 66.9 Å². The second-order valence-electron chi connectivity index (χ2n) is 12.1. The molecule has 0 radical (unpaired) electrons. The Kier molecular flexibility index (Phi) is 7.61. The highest BCUT2D eigenvalue weighted by Crippen LogP contribution is 2.34. The van der Waals surface area contributed by atoms with E-state index in [1.165, 1.54) is 11.8 Å². The summed E-state index contributed by atoms with van der Waals surface area (Å²) >= 11 is 0. The van der Waals surface area contributed by atoms with Gasteiger partial charge in [0.15, 0.2) is 11.6 Å². The molecule has 1 aromatic rings. The van der Waals surface area contributed by atoms with Crippen LogP contribution in [0.25, 0.3) is 5.57 Å². The lowest BCUT2D eigenvalue weighted by atomic mass is 9.87. The summed E-state index contributed by atoms with van der Waals surface area (Å²) in [6, 6.07) is -0.557. The van der Waals surface area contributed by atoms with Gasteiger partial charge in [0, 0.05) is 49.5 Å². The van der Waals surface area contributed by atoms with Crippen molar-refractivity contribution in [1.82, 2.24) is 30.4 Å². The van der Waals surface area contributed by atoms with E-state index in [2.05, 4.69) is 15.8 Å². The van der Waals surface area contributed by atoms with Crippen LogP contribution in [-0.2, 0) is 21.3 Å². The molecule has 12 heteroatoms. The lowest BCUT2D eigenvalue weighted by molar-refractivity contribution is -0.123. The van der Waals surface area contributed by atoms with Crippen LogP contribution >= 0.6 is 0 Å². The minimum atomic E-state index is -0.697. The number of hydrogen-bond acceptors (Lipinski definition) is 9. The number of piperidine rings is 1. The van der Waals surface area contributed by atoms with Crippen LogP contribution in [-0.4, -0.2) is 73.7 Å². The Morgan fingerprint density at radius 2 is 1.77 bits per heavy atom. The third-order valence-corrected chi connectivity index (χ3v) is 6.44. The van der Waals surface area contributed by atoms with Crippen LogP contribution in [0.3, 0.4) is 0 Å². The normalized spacial score (nSPS) is 21.7. The highest BCUT2D eigenvalue weighted by molar-refractivity contribution is 6.01. The average molecular weight is 542 g/mol. The number of nitrogens with one attached hydrogen (secondary N) is 2. The van der Waals surface area contributed by atoms with Crippen LogP contribution < -0.4 is 10.7 Å². The third-order valence-electron chi connectivity index (χ3n) is 6.44. The quantitative estimate of drug-likeness (QED) is 0.594. The summed E-state index contributed by atoms with van der Waals surface area (Å²) in [5, 5.41) is 8.87. The van der Waals surface area contributed by atoms with Crippen molar-refractivity contribution in [3.8, 4) is 0 Å². The summed E-state index contributed by atoms with van der Waals surface area (Å²) in [6.07, 6.45) is 5.47. The monoisotopic (exact) mass is 541 g/mol. The van der Waals surface area contributed by atoms with E-state index in [-0.39, 0.29) is 18.2 Å². The molecule has 4 rings (SSSR count). The van der Waals surface area contributed by atoms with Crippen LogP contribution in [0.4, 0.5) is 9.59 Å². The number of rotatable bonds is 4. The Labute approximate surface area is 229 Å². The maximum atomic E-state index is 13.1. The van der Waals surface area contributed by atoms with Crippen molar-refractivity contribution in [2.45, 2.75) is 78.6 Å². The molecule has 3 aliphatic heterocycles. The number of nitrogens with zero attached hydrogens (tertiary/aromatic N) is 5. The molecule has 2 amide bonds. The number of likely N-dealkylation sites (tertiary alicyclic amines) is 1. The number of alkyl carbamates (subject to hydrolysis) is 1. The molecule has 39 heavy (non-hydrogen) atoms. The first-order valence-electron chi connectivity index (χ1n) is 13.2. The molecule has 3 aliphatic rings. The van der Waals surface area contributed by atoms with E-state index in [1.807, 2.05) is 13.2 Å². The van der Waals surface area contributed by atoms with E-state index in [9.17, 15) is 14.4 Å². The van der Waals surface area contributed by atoms with Crippen molar-refractivity contribution in [3.63, 3.8) is 0 Å². The number of aliphatic imine (C=N–C) groups is 1. The van der Waals surface area contributed by atoms with E-state index >= 15 is 0 Å². The van der Waals surface area contributed by atoms with Gasteiger partial charge in [0.25, 0.3) is 0 Å². The number of carbonyl (C=O) groups is 3. The van der Waals surface area contributed by atoms with E-state index in [0.29, 0.717) is 36.7 Å². The number of ketones is 1. The predicted octanol–water partition coefficient (Wildman–Crippen LogP) is 3.33. The zero-order chi connectivity index (χ0) is 28.7. The van der Waals surface area contributed by atoms with Gasteiger partial charge in [-0.25, -0.2) is 25.0 Å². The number of amides is 2. The van der Waals surface area contributed by atoms with Crippen molar-refractivity contribution in [2.75, 3.05) is 13.1 Å². The fourth-order valence-electron chi connectivity index (χ4n) is 4.80. The highest BCUT2D eigenvalue weighted by atomic mass is 16.6. The molecular weight excluding hydrogens is 502 g/mol. The molecule has 1 fully saturated rings. The second kappa shape index (κ2) is 10.5. The molecule has 0 aliphatic carbocycles. The van der Waals surface area contributed by atoms with E-state index in [0.717, 1.165) is 11.1 Å². The molecule has 0 aromatic carbocycles. The van der Waals surface area contributed by atoms with Gasteiger partial charge in [-0.1, -0.05) is 0 Å². The van der Waals surface area contributed by atoms with Gasteiger partial charge in [-0.3, -0.25) is 19.7 Å². The molecule has 0 spiro atoms. The number of aryl methyl sites for hydroxylation is 1. The Bertz CT molecular complexity index is 1250. The number of Topliss-reactive ketones (excluding diaryl/α,β-unsaturated/α-hetero) is 1. The Hall–Kier alpha value is -3.67. The van der Waals surface area contributed by atoms with Gasteiger partial charge in [-0.15, -0.1) is 0 Å². The molecule has 2 unspecified atom stereocenters. The summed E-state index contributed by atoms with van der Waals surface area (Å²) in [5.74, 6) is 0.819. The maximum absolute atomic E-state index is 13.1. The van der Waals surface area contributed by atoms with E-state index in [1.54, 1.807) is 63.5 Å². The Balaban J connectivity index is 1.69. The first kappa shape index (κ1) is 28.3. The van der Waals surface area contributed by atoms with Crippen LogP contribution in [0.15, 0.2) is 35.1 Å². The van der Waals surface area contributed by atoms with Gasteiger partial charge in [0.2, 0.25) is 0 Å². The van der Waals surface area contributed by atoms with Gasteiger partial charge in [-0.2, -0.15) is 5.10 Å². The van der Waals surface area contributed by atoms with Crippen LogP contribution in [0, 0.1) is 5.92 Å². The van der Waals surface area contributed by atoms with Crippen molar-refractivity contribution in [3.05, 3.63) is 35.7 Å². The minimum Gasteiger partial charge on any atom is -0.444 e. The van der Waals surface area contributed by atoms with Crippen molar-refractivity contribution < 1.29 is 23.9 Å². The summed E-state index contributed by atoms with van der Waals surface area (Å²) in [7, 11) is 1.85. The smallest absolute Gasteiger partial charge is 0.413 e. The molecule has 212 valence electrons. The molecule has 12 nitrogen and oxygen atoms in total. The van der Waals surface area contributed by atoms with Crippen LogP contribution in [0.5, 0.6) is 0 Å². The number of hydrogen-bond donors (Lipinski definition) is 2. The summed E-state index contributed by atoms with van der Waals surface area (Å²) in [6.45, 7) is 13.0. The van der Waals surface area contributed by atoms with Gasteiger partial charge in [-0.05, 0) is 61.3 Å². The SMILES string of the molecule is CC(=O)C1CCC(C2=NC3=C(c4cnn(C)c4)CNN3C(NC(=O)OC(C)(C)C)=C2)CN1C(=O)OC(C)(C)C. The molecule has 1 aromatic heterocycles. The largest absolute Gasteiger partial charge is 0.444 e. The zero-order valence-electron chi connectivity index (χ0n) is 24.0. The zero-order valence-corrected chi connectivity index (χ0v) is 24.0. The Morgan fingerprint density at radius 1 is 1.08 bits per heavy atom. The average Bonchev–Trinajstić information content (AvgIpc) is 3.42. The number of hydrazine groups is 1. The van der Waals surface area contributed by atoms with Crippen molar-refractivity contribution >= 4 is 29.3 Å². The Morgan fingerprint density at radius 3 is 2.36 bits per heavy atom. The standard InChI is InChI=1S/C27H39N7O5/c1-16(35)21-10-9-17(15-33(21)25(37)39-27(5,6)7)20-11-22(31-24(36)38-26(2,3)4)34-23(30-20)19(13-29-34)18-12-28-32(8)14-18/h11-12,14,17,21,29H,9-10,13,15H2,1-8H3,(H,31,36). The fraction of sp³-hybridized carbons (Fsp3) is 0.593. The molecule has 1 saturated heterocycles. The summed E-state index contributed by atoms with van der Waals surface area (Å²) < 4.78 is 12.8. The summed E-state index contributed by atoms with van der Waals surface area (Å²) in [5.41, 5.74) is 4.42. The molecule has 0 bridgehead atoms. The van der Waals surface area contributed by atoms with Gasteiger partial charge in [0.05, 0.1) is 18.0 Å². The number of allylic oxidation sites excluding steroid dienone is 1. The lowest BCUT2D eigenvalue weighted by Gasteiger charge is -2.40. The second-order valence-corrected chi connectivity index (χ2v) is 12.1. The molecule has 4 heterocycles. The predicted molar refractivity (Wildman–Crippen MR) is 145 cm³/mol. The summed E-state index contributed by atoms with van der Waals surface area (Å²) in [4.78, 5) is 44.8.